The molecule has 0 aliphatic rings. The Labute approximate surface area is 262 Å². The lowest BCUT2D eigenvalue weighted by molar-refractivity contribution is -0.124. The number of rotatable bonds is 26. The van der Waals surface area contributed by atoms with Gasteiger partial charge >= 0.3 is 6.09 Å². The molecule has 0 aromatic heterocycles. The summed E-state index contributed by atoms with van der Waals surface area (Å²) in [5.74, 6) is -0.0431. The van der Waals surface area contributed by atoms with E-state index in [-0.39, 0.29) is 23.6 Å². The minimum atomic E-state index is -0.413. The lowest BCUT2D eigenvalue weighted by atomic mass is 10.1. The Morgan fingerprint density at radius 1 is 0.791 bits per heavy atom. The Bertz CT molecular complexity index is 815. The number of carbonyl (C=O) groups is 2. The average Bonchev–Trinajstić information content (AvgIpc) is 2.97. The van der Waals surface area contributed by atoms with E-state index in [0.29, 0.717) is 45.8 Å². The van der Waals surface area contributed by atoms with Crippen LogP contribution in [0.15, 0.2) is 30.3 Å². The van der Waals surface area contributed by atoms with Gasteiger partial charge in [0.25, 0.3) is 0 Å². The van der Waals surface area contributed by atoms with Crippen molar-refractivity contribution in [3.05, 3.63) is 35.9 Å². The molecule has 8 heteroatoms. The molecule has 1 rings (SSSR count). The van der Waals surface area contributed by atoms with Crippen LogP contribution in [0, 0.1) is 0 Å². The summed E-state index contributed by atoms with van der Waals surface area (Å²) in [4.78, 5) is 25.3. The quantitative estimate of drug-likeness (QED) is 0.0959. The molecule has 0 unspecified atom stereocenters. The zero-order chi connectivity index (χ0) is 31.6. The summed E-state index contributed by atoms with van der Waals surface area (Å²) in [6, 6.07) is 9.72. The topological polar surface area (TPSA) is 97.9 Å². The Kier molecular flexibility index (Phi) is 22.8. The average molecular weight is 606 g/mol. The maximum absolute atomic E-state index is 13.4. The predicted molar refractivity (Wildman–Crippen MR) is 176 cm³/mol. The molecule has 8 nitrogen and oxygen atoms in total. The first-order valence-corrected chi connectivity index (χ1v) is 16.9. The van der Waals surface area contributed by atoms with Crippen LogP contribution in [0.3, 0.4) is 0 Å². The SMILES string of the molecule is CCCCCCCOC[C@H](CNC(=O)[C@H](CCCCOC(=O)NC(C)(C)C)NCc1ccccc1)OCCCCCCC. The van der Waals surface area contributed by atoms with Gasteiger partial charge in [-0.25, -0.2) is 4.79 Å². The summed E-state index contributed by atoms with van der Waals surface area (Å²) in [5, 5.41) is 9.37. The lowest BCUT2D eigenvalue weighted by Crippen LogP contribution is -2.47. The van der Waals surface area contributed by atoms with Crippen molar-refractivity contribution in [1.82, 2.24) is 16.0 Å². The third kappa shape index (κ3) is 23.0. The number of amides is 2. The van der Waals surface area contributed by atoms with E-state index < -0.39 is 6.09 Å². The maximum atomic E-state index is 13.4. The van der Waals surface area contributed by atoms with Crippen molar-refractivity contribution in [2.24, 2.45) is 0 Å². The van der Waals surface area contributed by atoms with Crippen LogP contribution >= 0.6 is 0 Å². The molecular weight excluding hydrogens is 542 g/mol. The second-order valence-electron chi connectivity index (χ2n) is 12.6. The number of carbonyl (C=O) groups excluding carboxylic acids is 2. The van der Waals surface area contributed by atoms with Gasteiger partial charge in [-0.05, 0) is 58.4 Å². The van der Waals surface area contributed by atoms with E-state index >= 15 is 0 Å². The van der Waals surface area contributed by atoms with Crippen molar-refractivity contribution in [2.75, 3.05) is 33.0 Å². The minimum absolute atomic E-state index is 0.0431. The fraction of sp³-hybridized carbons (Fsp3) is 0.771. The number of alkyl carbamates (subject to hydrolysis) is 1. The predicted octanol–water partition coefficient (Wildman–Crippen LogP) is 7.30. The minimum Gasteiger partial charge on any atom is -0.450 e. The van der Waals surface area contributed by atoms with Crippen molar-refractivity contribution in [3.8, 4) is 0 Å². The number of ether oxygens (including phenoxy) is 3. The van der Waals surface area contributed by atoms with Gasteiger partial charge < -0.3 is 30.2 Å². The first-order valence-electron chi connectivity index (χ1n) is 16.9. The highest BCUT2D eigenvalue weighted by Gasteiger charge is 2.20. The second-order valence-corrected chi connectivity index (χ2v) is 12.6. The zero-order valence-corrected chi connectivity index (χ0v) is 28.0. The highest BCUT2D eigenvalue weighted by atomic mass is 16.5. The van der Waals surface area contributed by atoms with Crippen LogP contribution in [0.25, 0.3) is 0 Å². The Morgan fingerprint density at radius 2 is 1.42 bits per heavy atom. The number of nitrogens with one attached hydrogen (secondary N) is 3. The molecule has 2 atom stereocenters. The maximum Gasteiger partial charge on any atom is 0.407 e. The summed E-state index contributed by atoms with van der Waals surface area (Å²) in [5.41, 5.74) is 0.789. The highest BCUT2D eigenvalue weighted by molar-refractivity contribution is 5.81. The first-order chi connectivity index (χ1) is 20.7. The van der Waals surface area contributed by atoms with E-state index in [4.69, 9.17) is 14.2 Å². The Morgan fingerprint density at radius 3 is 2.07 bits per heavy atom. The smallest absolute Gasteiger partial charge is 0.407 e. The van der Waals surface area contributed by atoms with Gasteiger partial charge in [-0.3, -0.25) is 4.79 Å². The molecule has 0 saturated carbocycles. The van der Waals surface area contributed by atoms with Gasteiger partial charge in [0.1, 0.15) is 0 Å². The van der Waals surface area contributed by atoms with Crippen LogP contribution in [0.5, 0.6) is 0 Å². The third-order valence-electron chi connectivity index (χ3n) is 7.11. The van der Waals surface area contributed by atoms with E-state index in [9.17, 15) is 9.59 Å². The van der Waals surface area contributed by atoms with Crippen molar-refractivity contribution in [1.29, 1.82) is 0 Å². The van der Waals surface area contributed by atoms with Crippen molar-refractivity contribution in [2.45, 2.75) is 142 Å². The molecule has 0 saturated heterocycles. The van der Waals surface area contributed by atoms with Gasteiger partial charge in [-0.2, -0.15) is 0 Å². The molecule has 1 aromatic rings. The molecule has 3 N–H and O–H groups in total. The van der Waals surface area contributed by atoms with E-state index in [2.05, 4.69) is 29.8 Å². The molecule has 0 radical (unpaired) electrons. The number of hydrogen-bond acceptors (Lipinski definition) is 6. The van der Waals surface area contributed by atoms with Crippen LogP contribution < -0.4 is 16.0 Å². The van der Waals surface area contributed by atoms with Crippen LogP contribution in [-0.2, 0) is 25.5 Å². The van der Waals surface area contributed by atoms with E-state index in [0.717, 1.165) is 37.9 Å². The molecule has 0 aliphatic carbocycles. The van der Waals surface area contributed by atoms with Gasteiger partial charge in [0, 0.05) is 31.8 Å². The summed E-state index contributed by atoms with van der Waals surface area (Å²) in [6.07, 6.45) is 13.4. The highest BCUT2D eigenvalue weighted by Crippen LogP contribution is 2.08. The first kappa shape index (κ1) is 38.9. The van der Waals surface area contributed by atoms with Crippen molar-refractivity contribution >= 4 is 12.0 Å². The molecule has 0 aliphatic heterocycles. The molecule has 1 aromatic carbocycles. The Hall–Kier alpha value is -2.16. The second kappa shape index (κ2) is 25.2. The van der Waals surface area contributed by atoms with Gasteiger partial charge in [0.15, 0.2) is 0 Å². The monoisotopic (exact) mass is 605 g/mol. The van der Waals surface area contributed by atoms with Gasteiger partial charge in [0.05, 0.1) is 25.4 Å². The molecule has 0 spiro atoms. The van der Waals surface area contributed by atoms with Crippen LogP contribution in [0.4, 0.5) is 4.79 Å². The third-order valence-corrected chi connectivity index (χ3v) is 7.11. The van der Waals surface area contributed by atoms with Gasteiger partial charge in [-0.1, -0.05) is 95.5 Å². The zero-order valence-electron chi connectivity index (χ0n) is 28.0. The summed E-state index contributed by atoms with van der Waals surface area (Å²) in [7, 11) is 0. The fourth-order valence-electron chi connectivity index (χ4n) is 4.60. The lowest BCUT2D eigenvalue weighted by Gasteiger charge is -2.22. The van der Waals surface area contributed by atoms with Crippen LogP contribution in [0.2, 0.25) is 0 Å². The van der Waals surface area contributed by atoms with E-state index in [1.807, 2.05) is 51.1 Å². The molecule has 2 amide bonds. The summed E-state index contributed by atoms with van der Waals surface area (Å²) < 4.78 is 17.5. The molecule has 0 fully saturated rings. The number of hydrogen-bond donors (Lipinski definition) is 3. The van der Waals surface area contributed by atoms with Crippen LogP contribution in [0.1, 0.15) is 124 Å². The van der Waals surface area contributed by atoms with Crippen molar-refractivity contribution in [3.63, 3.8) is 0 Å². The number of benzene rings is 1. The fourth-order valence-corrected chi connectivity index (χ4v) is 4.60. The van der Waals surface area contributed by atoms with Crippen molar-refractivity contribution < 1.29 is 23.8 Å². The largest absolute Gasteiger partial charge is 0.450 e. The molecular formula is C35H63N3O5. The number of unbranched alkanes of at least 4 members (excludes halogenated alkanes) is 9. The summed E-state index contributed by atoms with van der Waals surface area (Å²) >= 11 is 0. The van der Waals surface area contributed by atoms with E-state index in [1.54, 1.807) is 0 Å². The van der Waals surface area contributed by atoms with Crippen LogP contribution in [-0.4, -0.2) is 62.7 Å². The molecule has 0 heterocycles. The molecule has 43 heavy (non-hydrogen) atoms. The summed E-state index contributed by atoms with van der Waals surface area (Å²) in [6.45, 7) is 13.4. The van der Waals surface area contributed by atoms with E-state index in [1.165, 1.54) is 44.9 Å². The molecule has 0 bridgehead atoms. The standard InChI is InChI=1S/C35H63N3O5/c1-6-8-10-12-18-24-41-29-31(42-25-19-13-11-9-7-2)28-37-33(39)32(36-27-30-21-15-14-16-22-30)23-17-20-26-43-34(40)38-35(3,4)5/h14-16,21-22,31-32,36H,6-13,17-20,23-29H2,1-5H3,(H,37,39)(H,38,40)/t31-,32-/m0/s1. The van der Waals surface area contributed by atoms with Gasteiger partial charge in [-0.15, -0.1) is 0 Å². The molecule has 248 valence electrons. The Balaban J connectivity index is 2.61. The normalized spacial score (nSPS) is 13.0. The van der Waals surface area contributed by atoms with Gasteiger partial charge in [0.2, 0.25) is 5.91 Å².